The number of rotatable bonds is 6. The van der Waals surface area contributed by atoms with Crippen LogP contribution >= 0.6 is 11.3 Å². The zero-order chi connectivity index (χ0) is 19.7. The number of hydrogen-bond donors (Lipinski definition) is 2. The van der Waals surface area contributed by atoms with Gasteiger partial charge in [0.2, 0.25) is 11.8 Å². The van der Waals surface area contributed by atoms with E-state index in [-0.39, 0.29) is 24.2 Å². The van der Waals surface area contributed by atoms with Gasteiger partial charge in [-0.2, -0.15) is 0 Å². The fourth-order valence-corrected chi connectivity index (χ4v) is 3.66. The van der Waals surface area contributed by atoms with Crippen LogP contribution in [0.5, 0.6) is 0 Å². The summed E-state index contributed by atoms with van der Waals surface area (Å²) in [6, 6.07) is 0. The van der Waals surface area contributed by atoms with Crippen molar-refractivity contribution in [3.8, 4) is 0 Å². The van der Waals surface area contributed by atoms with Crippen LogP contribution in [0, 0.1) is 5.92 Å². The topological polar surface area (TPSA) is 131 Å². The van der Waals surface area contributed by atoms with Crippen LogP contribution in [0.2, 0.25) is 0 Å². The van der Waals surface area contributed by atoms with Gasteiger partial charge in [0, 0.05) is 32.1 Å². The second-order valence-corrected chi connectivity index (χ2v) is 7.22. The van der Waals surface area contributed by atoms with Gasteiger partial charge in [0.25, 0.3) is 0 Å². The quantitative estimate of drug-likeness (QED) is 0.593. The summed E-state index contributed by atoms with van der Waals surface area (Å²) in [6.45, 7) is 3.72. The zero-order valence-corrected chi connectivity index (χ0v) is 16.2. The Balaban J connectivity index is 1.37. The Bertz CT molecular complexity index is 1020. The number of aromatic nitrogens is 6. The minimum absolute atomic E-state index is 0.0976. The number of carbonyl (C=O) groups excluding carboxylic acids is 2. The Hall–Kier alpha value is -3.15. The molecule has 12 heteroatoms. The number of thiazole rings is 1. The molecule has 2 amide bonds. The van der Waals surface area contributed by atoms with Crippen molar-refractivity contribution in [1.82, 2.24) is 35.3 Å². The second kappa shape index (κ2) is 7.46. The van der Waals surface area contributed by atoms with Gasteiger partial charge in [-0.15, -0.1) is 16.4 Å². The molecule has 1 aliphatic heterocycles. The maximum absolute atomic E-state index is 12.5. The molecule has 0 bridgehead atoms. The molecule has 1 fully saturated rings. The number of carbonyl (C=O) groups is 2. The lowest BCUT2D eigenvalue weighted by Gasteiger charge is -2.38. The average molecular weight is 401 g/mol. The zero-order valence-electron chi connectivity index (χ0n) is 15.4. The van der Waals surface area contributed by atoms with E-state index in [1.165, 1.54) is 17.7 Å². The summed E-state index contributed by atoms with van der Waals surface area (Å²) in [5.74, 6) is 0.307. The number of likely N-dealkylation sites (N-methyl/N-ethyl adjacent to an activating group) is 1. The predicted octanol–water partition coefficient (Wildman–Crippen LogP) is 0.0611. The van der Waals surface area contributed by atoms with Gasteiger partial charge in [0.05, 0.1) is 18.0 Å². The normalized spacial score (nSPS) is 14.1. The number of nitrogens with zero attached hydrogens (tertiary/aromatic N) is 7. The number of anilines is 2. The van der Waals surface area contributed by atoms with Crippen molar-refractivity contribution in [2.75, 3.05) is 30.4 Å². The minimum atomic E-state index is -0.169. The maximum atomic E-state index is 12.5. The van der Waals surface area contributed by atoms with E-state index in [1.54, 1.807) is 17.1 Å². The van der Waals surface area contributed by atoms with Crippen molar-refractivity contribution in [2.24, 2.45) is 5.92 Å². The van der Waals surface area contributed by atoms with Crippen LogP contribution in [0.15, 0.2) is 11.7 Å². The first kappa shape index (κ1) is 18.2. The molecule has 0 atom stereocenters. The number of aryl methyl sites for hydroxylation is 1. The lowest BCUT2D eigenvalue weighted by Crippen LogP contribution is -2.52. The largest absolute Gasteiger partial charge is 0.359 e. The van der Waals surface area contributed by atoms with Crippen LogP contribution in [0.4, 0.5) is 10.9 Å². The van der Waals surface area contributed by atoms with Crippen molar-refractivity contribution in [3.63, 3.8) is 0 Å². The standard InChI is InChI=1S/C16H19N9O2S/c1-3-25-14-12(22-23-25)13(18-8-19-14)24-5-9(6-24)15(27)21-16-20-10(7-28-16)4-11(26)17-2/h7-9H,3-6H2,1-2H3,(H,17,26)(H,20,21,27). The second-order valence-electron chi connectivity index (χ2n) is 6.36. The van der Waals surface area contributed by atoms with Crippen molar-refractivity contribution >= 4 is 45.3 Å². The van der Waals surface area contributed by atoms with E-state index in [9.17, 15) is 9.59 Å². The van der Waals surface area contributed by atoms with Gasteiger partial charge in [0.1, 0.15) is 6.33 Å². The lowest BCUT2D eigenvalue weighted by atomic mass is 9.99. The first-order valence-electron chi connectivity index (χ1n) is 8.84. The highest BCUT2D eigenvalue weighted by Crippen LogP contribution is 2.28. The predicted molar refractivity (Wildman–Crippen MR) is 103 cm³/mol. The van der Waals surface area contributed by atoms with Gasteiger partial charge < -0.3 is 15.5 Å². The minimum Gasteiger partial charge on any atom is -0.359 e. The van der Waals surface area contributed by atoms with E-state index in [4.69, 9.17) is 0 Å². The Kier molecular flexibility index (Phi) is 4.86. The molecule has 2 N–H and O–H groups in total. The summed E-state index contributed by atoms with van der Waals surface area (Å²) in [6.07, 6.45) is 1.69. The number of fused-ring (bicyclic) bond motifs is 1. The highest BCUT2D eigenvalue weighted by Gasteiger charge is 2.35. The molecule has 11 nitrogen and oxygen atoms in total. The molecular weight excluding hydrogens is 382 g/mol. The first-order valence-corrected chi connectivity index (χ1v) is 9.72. The van der Waals surface area contributed by atoms with Crippen molar-refractivity contribution < 1.29 is 9.59 Å². The summed E-state index contributed by atoms with van der Waals surface area (Å²) < 4.78 is 1.71. The van der Waals surface area contributed by atoms with Gasteiger partial charge in [-0.25, -0.2) is 19.6 Å². The molecule has 146 valence electrons. The molecule has 0 aliphatic carbocycles. The molecule has 1 saturated heterocycles. The van der Waals surface area contributed by atoms with Crippen LogP contribution in [0.1, 0.15) is 12.6 Å². The van der Waals surface area contributed by atoms with E-state index in [1.807, 2.05) is 11.8 Å². The number of hydrogen-bond acceptors (Lipinski definition) is 9. The molecule has 3 aromatic heterocycles. The molecule has 4 rings (SSSR count). The highest BCUT2D eigenvalue weighted by atomic mass is 32.1. The van der Waals surface area contributed by atoms with E-state index in [2.05, 4.69) is 35.9 Å². The third-order valence-electron chi connectivity index (χ3n) is 4.53. The first-order chi connectivity index (χ1) is 13.6. The molecule has 0 unspecified atom stereocenters. The number of nitrogens with one attached hydrogen (secondary N) is 2. The Morgan fingerprint density at radius 2 is 2.14 bits per heavy atom. The smallest absolute Gasteiger partial charge is 0.232 e. The van der Waals surface area contributed by atoms with Gasteiger partial charge in [0.15, 0.2) is 22.1 Å². The third kappa shape index (κ3) is 3.38. The van der Waals surface area contributed by atoms with Crippen LogP contribution < -0.4 is 15.5 Å². The fourth-order valence-electron chi connectivity index (χ4n) is 2.95. The summed E-state index contributed by atoms with van der Waals surface area (Å²) in [4.78, 5) is 38.7. The maximum Gasteiger partial charge on any atom is 0.232 e. The summed E-state index contributed by atoms with van der Waals surface area (Å²) in [5, 5.41) is 15.9. The molecule has 0 saturated carbocycles. The van der Waals surface area contributed by atoms with Gasteiger partial charge in [-0.1, -0.05) is 5.21 Å². The van der Waals surface area contributed by atoms with Crippen LogP contribution in [-0.4, -0.2) is 61.9 Å². The van der Waals surface area contributed by atoms with Crippen LogP contribution in [-0.2, 0) is 22.6 Å². The molecule has 3 aromatic rings. The van der Waals surface area contributed by atoms with Gasteiger partial charge in [-0.05, 0) is 6.92 Å². The van der Waals surface area contributed by atoms with Gasteiger partial charge in [-0.3, -0.25) is 9.59 Å². The van der Waals surface area contributed by atoms with E-state index >= 15 is 0 Å². The fraction of sp³-hybridized carbons (Fsp3) is 0.438. The molecule has 0 spiro atoms. The highest BCUT2D eigenvalue weighted by molar-refractivity contribution is 7.13. The Labute approximate surface area is 164 Å². The Morgan fingerprint density at radius 3 is 2.89 bits per heavy atom. The van der Waals surface area contributed by atoms with E-state index < -0.39 is 0 Å². The number of amides is 2. The lowest BCUT2D eigenvalue weighted by molar-refractivity contribution is -0.121. The van der Waals surface area contributed by atoms with E-state index in [0.717, 1.165) is 0 Å². The van der Waals surface area contributed by atoms with Crippen molar-refractivity contribution in [1.29, 1.82) is 0 Å². The van der Waals surface area contributed by atoms with Crippen LogP contribution in [0.25, 0.3) is 11.2 Å². The molecule has 0 aromatic carbocycles. The van der Waals surface area contributed by atoms with E-state index in [0.29, 0.717) is 47.4 Å². The molecule has 1 aliphatic rings. The molecule has 4 heterocycles. The monoisotopic (exact) mass is 401 g/mol. The van der Waals surface area contributed by atoms with Gasteiger partial charge >= 0.3 is 0 Å². The summed E-state index contributed by atoms with van der Waals surface area (Å²) in [5.41, 5.74) is 1.96. The van der Waals surface area contributed by atoms with Crippen LogP contribution in [0.3, 0.4) is 0 Å². The Morgan fingerprint density at radius 1 is 1.32 bits per heavy atom. The third-order valence-corrected chi connectivity index (χ3v) is 5.34. The SMILES string of the molecule is CCn1nnc2c(N3CC(C(=O)Nc4nc(CC(=O)NC)cs4)C3)ncnc21. The molecule has 28 heavy (non-hydrogen) atoms. The average Bonchev–Trinajstić information content (AvgIpc) is 3.27. The molecular formula is C16H19N9O2S. The molecule has 0 radical (unpaired) electrons. The van der Waals surface area contributed by atoms with Crippen molar-refractivity contribution in [2.45, 2.75) is 19.9 Å². The summed E-state index contributed by atoms with van der Waals surface area (Å²) in [7, 11) is 1.58. The van der Waals surface area contributed by atoms with Crippen molar-refractivity contribution in [3.05, 3.63) is 17.4 Å². The summed E-state index contributed by atoms with van der Waals surface area (Å²) >= 11 is 1.31.